The number of nitrogen functional groups attached to an aromatic ring is 3. The van der Waals surface area contributed by atoms with Gasteiger partial charge in [-0.05, 0) is 36.4 Å². The van der Waals surface area contributed by atoms with E-state index in [0.717, 1.165) is 0 Å². The molecule has 0 aliphatic heterocycles. The molecule has 0 aliphatic carbocycles. The number of nitrogens with two attached hydrogens (primary N) is 3. The Bertz CT molecular complexity index is 913. The fourth-order valence-corrected chi connectivity index (χ4v) is 2.08. The Morgan fingerprint density at radius 3 is 0.812 bits per heavy atom. The van der Waals surface area contributed by atoms with E-state index >= 15 is 0 Å². The van der Waals surface area contributed by atoms with Crippen molar-refractivity contribution in [3.05, 3.63) is 89.5 Å². The van der Waals surface area contributed by atoms with Gasteiger partial charge in [0.15, 0.2) is 0 Å². The third kappa shape index (κ3) is 9.63. The van der Waals surface area contributed by atoms with Crippen LogP contribution in [-0.4, -0.2) is 38.7 Å². The van der Waals surface area contributed by atoms with Crippen molar-refractivity contribution in [2.45, 2.75) is 0 Å². The van der Waals surface area contributed by atoms with Crippen molar-refractivity contribution in [3.63, 3.8) is 0 Å². The summed E-state index contributed by atoms with van der Waals surface area (Å²) in [5.74, 6) is -2.96. The maximum atomic E-state index is 10.3. The Hall–Kier alpha value is -4.05. The van der Waals surface area contributed by atoms with Gasteiger partial charge >= 0.3 is 17.9 Å². The first-order valence-corrected chi connectivity index (χ1v) is 8.38. The van der Waals surface area contributed by atoms with Crippen LogP contribution in [0.15, 0.2) is 72.8 Å². The second-order valence-corrected chi connectivity index (χ2v) is 5.68. The summed E-state index contributed by atoms with van der Waals surface area (Å²) in [7, 11) is 0. The number of carbonyl (C=O) groups is 3. The summed E-state index contributed by atoms with van der Waals surface area (Å²) in [5, 5.41) is 25.5. The van der Waals surface area contributed by atoms with E-state index in [-0.39, 0.29) is 39.2 Å². The Kier molecular flexibility index (Phi) is 14.0. The van der Waals surface area contributed by atoms with Gasteiger partial charge < -0.3 is 38.0 Å². The van der Waals surface area contributed by atoms with E-state index in [4.69, 9.17) is 32.5 Å². The van der Waals surface area contributed by atoms with E-state index in [9.17, 15) is 14.4 Å². The first-order chi connectivity index (χ1) is 14.1. The van der Waals surface area contributed by atoms with E-state index in [1.54, 1.807) is 54.6 Å². The number of hydrogen-bond acceptors (Lipinski definition) is 6. The number of carboxylic acid groups (broad SMARTS) is 3. The molecule has 11 heteroatoms. The van der Waals surface area contributed by atoms with Gasteiger partial charge in [-0.2, -0.15) is 0 Å². The number of rotatable bonds is 3. The molecule has 0 saturated carbocycles. The number of aromatic carboxylic acids is 3. The summed E-state index contributed by atoms with van der Waals surface area (Å²) in [5.41, 5.74) is 17.4. The average Bonchev–Trinajstić information content (AvgIpc) is 2.69. The predicted molar refractivity (Wildman–Crippen MR) is 117 cm³/mol. The Morgan fingerprint density at radius 1 is 0.500 bits per heavy atom. The Morgan fingerprint density at radius 2 is 0.688 bits per heavy atom. The van der Waals surface area contributed by atoms with Crippen molar-refractivity contribution < 1.29 is 52.2 Å². The van der Waals surface area contributed by atoms with E-state index in [1.165, 1.54) is 18.2 Å². The summed E-state index contributed by atoms with van der Waals surface area (Å²) in [6, 6.07) is 19.1. The zero-order valence-corrected chi connectivity index (χ0v) is 17.7. The van der Waals surface area contributed by atoms with Gasteiger partial charge in [0.25, 0.3) is 0 Å². The second kappa shape index (κ2) is 14.9. The van der Waals surface area contributed by atoms with Crippen LogP contribution < -0.4 is 17.2 Å². The molecule has 0 heterocycles. The van der Waals surface area contributed by atoms with Crippen molar-refractivity contribution in [1.82, 2.24) is 0 Å². The van der Waals surface area contributed by atoms with Gasteiger partial charge in [0.05, 0.1) is 16.7 Å². The summed E-state index contributed by atoms with van der Waals surface area (Å²) in [6.07, 6.45) is 0. The topological polar surface area (TPSA) is 221 Å². The van der Waals surface area contributed by atoms with Crippen molar-refractivity contribution in [2.24, 2.45) is 0 Å². The van der Waals surface area contributed by atoms with E-state index < -0.39 is 17.9 Å². The Labute approximate surface area is 194 Å². The summed E-state index contributed by atoms with van der Waals surface area (Å²) in [4.78, 5) is 31.0. The van der Waals surface area contributed by atoms with Crippen molar-refractivity contribution in [3.8, 4) is 0 Å². The number of hydrogen-bond donors (Lipinski definition) is 6. The molecule has 11 N–H and O–H groups in total. The molecule has 0 amide bonds. The fraction of sp³-hybridized carbons (Fsp3) is 0. The number of para-hydroxylation sites is 3. The van der Waals surface area contributed by atoms with Gasteiger partial charge in [0.1, 0.15) is 0 Å². The van der Waals surface area contributed by atoms with Crippen molar-refractivity contribution >= 4 is 35.0 Å². The molecule has 3 rings (SSSR count). The predicted octanol–water partition coefficient (Wildman–Crippen LogP) is 2.07. The van der Waals surface area contributed by atoms with Crippen LogP contribution in [0.2, 0.25) is 0 Å². The smallest absolute Gasteiger partial charge is 0.337 e. The molecular formula is C21H23FeN3O7. The van der Waals surface area contributed by atoms with Crippen LogP contribution in [0.25, 0.3) is 0 Å². The first kappa shape index (κ1) is 30.1. The molecule has 0 spiro atoms. The van der Waals surface area contributed by atoms with Crippen LogP contribution >= 0.6 is 0 Å². The van der Waals surface area contributed by atoms with Crippen molar-refractivity contribution in [1.29, 1.82) is 0 Å². The maximum Gasteiger partial charge on any atom is 0.337 e. The minimum atomic E-state index is -0.988. The zero-order valence-electron chi connectivity index (χ0n) is 16.6. The SMILES string of the molecule is Nc1ccccc1C(=O)O.Nc1ccccc1C(=O)O.Nc1ccccc1C(=O)O.O.[Fe]. The van der Waals surface area contributed by atoms with Crippen LogP contribution in [0.4, 0.5) is 17.1 Å². The number of benzene rings is 3. The molecule has 32 heavy (non-hydrogen) atoms. The van der Waals surface area contributed by atoms with Crippen molar-refractivity contribution in [2.75, 3.05) is 17.2 Å². The number of anilines is 3. The third-order valence-corrected chi connectivity index (χ3v) is 3.57. The quantitative estimate of drug-likeness (QED) is 0.236. The molecule has 0 saturated heterocycles. The summed E-state index contributed by atoms with van der Waals surface area (Å²) in [6.45, 7) is 0. The standard InChI is InChI=1S/3C7H7NO2.Fe.H2O/c3*8-6-4-2-1-3-5(6)7(9)10;;/h3*1-4H,8H2,(H,9,10);;1H2. The minimum absolute atomic E-state index is 0. The average molecular weight is 485 g/mol. The van der Waals surface area contributed by atoms with E-state index in [1.807, 2.05) is 0 Å². The molecule has 0 aromatic heterocycles. The van der Waals surface area contributed by atoms with E-state index in [2.05, 4.69) is 0 Å². The fourth-order valence-electron chi connectivity index (χ4n) is 2.08. The van der Waals surface area contributed by atoms with Gasteiger partial charge in [0, 0.05) is 34.1 Å². The monoisotopic (exact) mass is 485 g/mol. The van der Waals surface area contributed by atoms with Gasteiger partial charge in [0.2, 0.25) is 0 Å². The molecule has 10 nitrogen and oxygen atoms in total. The second-order valence-electron chi connectivity index (χ2n) is 5.68. The molecule has 0 unspecified atom stereocenters. The van der Waals surface area contributed by atoms with Gasteiger partial charge in [-0.3, -0.25) is 0 Å². The number of carboxylic acids is 3. The van der Waals surface area contributed by atoms with E-state index in [0.29, 0.717) is 17.1 Å². The zero-order chi connectivity index (χ0) is 22.7. The molecule has 3 aromatic carbocycles. The molecule has 3 aromatic rings. The van der Waals surface area contributed by atoms with Gasteiger partial charge in [-0.1, -0.05) is 36.4 Å². The van der Waals surface area contributed by atoms with Crippen LogP contribution in [0, 0.1) is 0 Å². The normalized spacial score (nSPS) is 8.62. The van der Waals surface area contributed by atoms with Crippen LogP contribution in [0.5, 0.6) is 0 Å². The minimum Gasteiger partial charge on any atom is -0.478 e. The summed E-state index contributed by atoms with van der Waals surface area (Å²) < 4.78 is 0. The van der Waals surface area contributed by atoms with Crippen LogP contribution in [0.1, 0.15) is 31.1 Å². The molecule has 0 atom stereocenters. The molecule has 0 bridgehead atoms. The summed E-state index contributed by atoms with van der Waals surface area (Å²) >= 11 is 0. The third-order valence-electron chi connectivity index (χ3n) is 3.57. The molecular weight excluding hydrogens is 462 g/mol. The Balaban J connectivity index is 0. The molecule has 172 valence electrons. The van der Waals surface area contributed by atoms with Gasteiger partial charge in [-0.25, -0.2) is 14.4 Å². The molecule has 0 radical (unpaired) electrons. The largest absolute Gasteiger partial charge is 0.478 e. The maximum absolute atomic E-state index is 10.3. The van der Waals surface area contributed by atoms with Crippen LogP contribution in [0.3, 0.4) is 0 Å². The molecule has 0 fully saturated rings. The van der Waals surface area contributed by atoms with Gasteiger partial charge in [-0.15, -0.1) is 0 Å². The first-order valence-electron chi connectivity index (χ1n) is 8.38. The van der Waals surface area contributed by atoms with Crippen LogP contribution in [-0.2, 0) is 17.1 Å². The molecule has 0 aliphatic rings.